The van der Waals surface area contributed by atoms with Crippen LogP contribution in [0.1, 0.15) is 18.3 Å². The summed E-state index contributed by atoms with van der Waals surface area (Å²) in [5.74, 6) is 0.961. The molecule has 0 aliphatic carbocycles. The van der Waals surface area contributed by atoms with Gasteiger partial charge >= 0.3 is 0 Å². The van der Waals surface area contributed by atoms with Crippen LogP contribution in [0, 0.1) is 13.8 Å². The van der Waals surface area contributed by atoms with Crippen LogP contribution < -0.4 is 5.32 Å². The van der Waals surface area contributed by atoms with Gasteiger partial charge in [-0.05, 0) is 20.8 Å². The topological polar surface area (TPSA) is 29.9 Å². The van der Waals surface area contributed by atoms with Gasteiger partial charge in [0, 0.05) is 19.3 Å². The Hall–Kier alpha value is -0.990. The number of aryl methyl sites for hydroxylation is 1. The van der Waals surface area contributed by atoms with Gasteiger partial charge in [0.15, 0.2) is 0 Å². The van der Waals surface area contributed by atoms with E-state index in [0.717, 1.165) is 18.2 Å². The lowest BCUT2D eigenvalue weighted by Crippen LogP contribution is -2.02. The molecule has 1 heterocycles. The smallest absolute Gasteiger partial charge is 0.202 e. The third-order valence-corrected chi connectivity index (χ3v) is 2.00. The van der Waals surface area contributed by atoms with Crippen LogP contribution in [-0.4, -0.2) is 16.6 Å². The summed E-state index contributed by atoms with van der Waals surface area (Å²) in [6.07, 6.45) is 0. The van der Waals surface area contributed by atoms with Crippen LogP contribution in [0.15, 0.2) is 0 Å². The standard InChI is InChI=1S/C8H15N3/c1-5-11-7(3)6(2)10-8(11)9-4/h5H2,1-4H3,(H,9,10). The Morgan fingerprint density at radius 3 is 2.45 bits per heavy atom. The molecule has 1 aromatic heterocycles. The van der Waals surface area contributed by atoms with Gasteiger partial charge in [0.2, 0.25) is 5.95 Å². The SMILES string of the molecule is CCn1c(NC)nc(C)c1C. The van der Waals surface area contributed by atoms with Gasteiger partial charge in [0.05, 0.1) is 5.69 Å². The molecule has 3 nitrogen and oxygen atoms in total. The highest BCUT2D eigenvalue weighted by Crippen LogP contribution is 2.13. The van der Waals surface area contributed by atoms with Gasteiger partial charge in [-0.15, -0.1) is 0 Å². The first-order chi connectivity index (χ1) is 5.20. The largest absolute Gasteiger partial charge is 0.359 e. The molecule has 0 aliphatic rings. The molecular formula is C8H15N3. The minimum absolute atomic E-state index is 0.961. The highest BCUT2D eigenvalue weighted by Gasteiger charge is 2.06. The van der Waals surface area contributed by atoms with Crippen LogP contribution in [0.3, 0.4) is 0 Å². The predicted octanol–water partition coefficient (Wildman–Crippen LogP) is 1.56. The molecule has 0 saturated carbocycles. The minimum Gasteiger partial charge on any atom is -0.359 e. The van der Waals surface area contributed by atoms with Crippen molar-refractivity contribution in [1.82, 2.24) is 9.55 Å². The second-order valence-electron chi connectivity index (χ2n) is 2.60. The summed E-state index contributed by atoms with van der Waals surface area (Å²) < 4.78 is 2.16. The number of nitrogens with zero attached hydrogens (tertiary/aromatic N) is 2. The molecule has 0 bridgehead atoms. The third kappa shape index (κ3) is 1.23. The average molecular weight is 153 g/mol. The van der Waals surface area contributed by atoms with Crippen LogP contribution in [-0.2, 0) is 6.54 Å². The summed E-state index contributed by atoms with van der Waals surface area (Å²) in [5.41, 5.74) is 2.35. The van der Waals surface area contributed by atoms with Crippen LogP contribution in [0.2, 0.25) is 0 Å². The Morgan fingerprint density at radius 1 is 1.45 bits per heavy atom. The Balaban J connectivity index is 3.15. The first-order valence-electron chi connectivity index (χ1n) is 3.92. The summed E-state index contributed by atoms with van der Waals surface area (Å²) in [6.45, 7) is 7.22. The maximum Gasteiger partial charge on any atom is 0.202 e. The van der Waals surface area contributed by atoms with Crippen LogP contribution in [0.4, 0.5) is 5.95 Å². The fraction of sp³-hybridized carbons (Fsp3) is 0.625. The molecule has 0 saturated heterocycles. The van der Waals surface area contributed by atoms with E-state index in [4.69, 9.17) is 0 Å². The van der Waals surface area contributed by atoms with Gasteiger partial charge in [-0.1, -0.05) is 0 Å². The number of anilines is 1. The fourth-order valence-corrected chi connectivity index (χ4v) is 1.23. The average Bonchev–Trinajstić information content (AvgIpc) is 2.28. The molecule has 0 unspecified atom stereocenters. The summed E-state index contributed by atoms with van der Waals surface area (Å²) in [5, 5.41) is 3.06. The lowest BCUT2D eigenvalue weighted by atomic mass is 10.4. The van der Waals surface area contributed by atoms with E-state index in [9.17, 15) is 0 Å². The molecule has 0 aromatic carbocycles. The van der Waals surface area contributed by atoms with Crippen molar-refractivity contribution in [2.24, 2.45) is 0 Å². The number of aromatic nitrogens is 2. The highest BCUT2D eigenvalue weighted by atomic mass is 15.2. The van der Waals surface area contributed by atoms with Crippen molar-refractivity contribution < 1.29 is 0 Å². The number of rotatable bonds is 2. The number of hydrogen-bond acceptors (Lipinski definition) is 2. The lowest BCUT2D eigenvalue weighted by molar-refractivity contribution is 0.743. The fourth-order valence-electron chi connectivity index (χ4n) is 1.23. The van der Waals surface area contributed by atoms with Crippen molar-refractivity contribution in [1.29, 1.82) is 0 Å². The van der Waals surface area contributed by atoms with Gasteiger partial charge in [-0.2, -0.15) is 0 Å². The third-order valence-electron chi connectivity index (χ3n) is 2.00. The summed E-state index contributed by atoms with van der Waals surface area (Å²) in [7, 11) is 1.90. The van der Waals surface area contributed by atoms with E-state index in [0.29, 0.717) is 0 Å². The zero-order chi connectivity index (χ0) is 8.43. The molecule has 0 atom stereocenters. The van der Waals surface area contributed by atoms with Crippen LogP contribution >= 0.6 is 0 Å². The van der Waals surface area contributed by atoms with Gasteiger partial charge in [-0.25, -0.2) is 4.98 Å². The maximum atomic E-state index is 4.35. The Morgan fingerprint density at radius 2 is 2.09 bits per heavy atom. The minimum atomic E-state index is 0.961. The summed E-state index contributed by atoms with van der Waals surface area (Å²) in [6, 6.07) is 0. The van der Waals surface area contributed by atoms with Crippen molar-refractivity contribution in [2.45, 2.75) is 27.3 Å². The van der Waals surface area contributed by atoms with E-state index in [1.54, 1.807) is 0 Å². The van der Waals surface area contributed by atoms with E-state index in [2.05, 4.69) is 28.7 Å². The Kier molecular flexibility index (Phi) is 2.17. The molecule has 1 rings (SSSR count). The van der Waals surface area contributed by atoms with Gasteiger partial charge in [0.25, 0.3) is 0 Å². The maximum absolute atomic E-state index is 4.35. The zero-order valence-corrected chi connectivity index (χ0v) is 7.60. The predicted molar refractivity (Wildman–Crippen MR) is 46.9 cm³/mol. The van der Waals surface area contributed by atoms with E-state index >= 15 is 0 Å². The molecule has 1 N–H and O–H groups in total. The number of hydrogen-bond donors (Lipinski definition) is 1. The van der Waals surface area contributed by atoms with Crippen LogP contribution in [0.5, 0.6) is 0 Å². The zero-order valence-electron chi connectivity index (χ0n) is 7.60. The van der Waals surface area contributed by atoms with E-state index in [-0.39, 0.29) is 0 Å². The van der Waals surface area contributed by atoms with Gasteiger partial charge < -0.3 is 9.88 Å². The summed E-state index contributed by atoms with van der Waals surface area (Å²) in [4.78, 5) is 4.35. The Bertz CT molecular complexity index is 250. The molecule has 0 aliphatic heterocycles. The van der Waals surface area contributed by atoms with Crippen molar-refractivity contribution in [2.75, 3.05) is 12.4 Å². The molecule has 0 fully saturated rings. The second kappa shape index (κ2) is 2.95. The molecule has 62 valence electrons. The van der Waals surface area contributed by atoms with Crippen molar-refractivity contribution >= 4 is 5.95 Å². The Labute approximate surface area is 67.4 Å². The van der Waals surface area contributed by atoms with E-state index in [1.165, 1.54) is 5.69 Å². The molecule has 1 aromatic rings. The lowest BCUT2D eigenvalue weighted by Gasteiger charge is -2.04. The van der Waals surface area contributed by atoms with Gasteiger partial charge in [0.1, 0.15) is 0 Å². The molecular weight excluding hydrogens is 138 g/mol. The first kappa shape index (κ1) is 8.11. The van der Waals surface area contributed by atoms with Crippen molar-refractivity contribution in [3.8, 4) is 0 Å². The molecule has 3 heteroatoms. The second-order valence-corrected chi connectivity index (χ2v) is 2.60. The summed E-state index contributed by atoms with van der Waals surface area (Å²) >= 11 is 0. The quantitative estimate of drug-likeness (QED) is 0.698. The molecule has 11 heavy (non-hydrogen) atoms. The van der Waals surface area contributed by atoms with Crippen molar-refractivity contribution in [3.63, 3.8) is 0 Å². The monoisotopic (exact) mass is 153 g/mol. The van der Waals surface area contributed by atoms with E-state index in [1.807, 2.05) is 14.0 Å². The highest BCUT2D eigenvalue weighted by molar-refractivity contribution is 5.32. The first-order valence-corrected chi connectivity index (χ1v) is 3.92. The normalized spacial score (nSPS) is 10.2. The molecule has 0 radical (unpaired) electrons. The number of nitrogens with one attached hydrogen (secondary N) is 1. The van der Waals surface area contributed by atoms with E-state index < -0.39 is 0 Å². The van der Waals surface area contributed by atoms with Crippen LogP contribution in [0.25, 0.3) is 0 Å². The number of imidazole rings is 1. The van der Waals surface area contributed by atoms with Gasteiger partial charge in [-0.3, -0.25) is 0 Å². The molecule has 0 spiro atoms. The van der Waals surface area contributed by atoms with Crippen molar-refractivity contribution in [3.05, 3.63) is 11.4 Å². The molecule has 0 amide bonds.